The predicted octanol–water partition coefficient (Wildman–Crippen LogP) is 4.22. The van der Waals surface area contributed by atoms with E-state index in [0.717, 1.165) is 23.9 Å². The molecule has 0 unspecified atom stereocenters. The van der Waals surface area contributed by atoms with Gasteiger partial charge < -0.3 is 14.5 Å². The molecule has 5 rings (SSSR count). The summed E-state index contributed by atoms with van der Waals surface area (Å²) in [6, 6.07) is 17.6. The van der Waals surface area contributed by atoms with Crippen molar-refractivity contribution in [2.24, 2.45) is 0 Å². The number of nitrogens with one attached hydrogen (secondary N) is 1. The molecule has 4 aromatic rings. The Bertz CT molecular complexity index is 1340. The molecule has 1 N–H and O–H groups in total. The van der Waals surface area contributed by atoms with Crippen molar-refractivity contribution >= 4 is 28.5 Å². The van der Waals surface area contributed by atoms with E-state index in [9.17, 15) is 9.59 Å². The zero-order chi connectivity index (χ0) is 25.8. The van der Waals surface area contributed by atoms with Gasteiger partial charge in [0.2, 0.25) is 5.91 Å². The summed E-state index contributed by atoms with van der Waals surface area (Å²) in [7, 11) is 0. The standard InChI is InChI=1S/C28H31N5O4/c1-19(2)20-11-13-21(14-12-20)33(26(34)18-32-24-9-4-3-8-23(24)30-31-32)27(25-10-6-16-37-25)28(35)29-17-22-7-5-15-36-22/h3-4,6,8-14,16,19,22,27H,5,7,15,17-18H2,1-2H3,(H,29,35)/t22-,27-/m1/s1. The van der Waals surface area contributed by atoms with Crippen molar-refractivity contribution in [3.8, 4) is 0 Å². The van der Waals surface area contributed by atoms with Gasteiger partial charge in [-0.1, -0.05) is 43.3 Å². The highest BCUT2D eigenvalue weighted by molar-refractivity contribution is 6.01. The van der Waals surface area contributed by atoms with Crippen LogP contribution in [0.3, 0.4) is 0 Å². The quantitative estimate of drug-likeness (QED) is 0.368. The normalized spacial score (nSPS) is 16.2. The van der Waals surface area contributed by atoms with Gasteiger partial charge in [-0.05, 0) is 60.7 Å². The number of nitrogens with zero attached hydrogens (tertiary/aromatic N) is 4. The molecule has 9 heteroatoms. The first-order chi connectivity index (χ1) is 18.0. The minimum atomic E-state index is -1.01. The third kappa shape index (κ3) is 5.41. The van der Waals surface area contributed by atoms with Gasteiger partial charge in [0, 0.05) is 18.8 Å². The van der Waals surface area contributed by atoms with Crippen LogP contribution >= 0.6 is 0 Å². The average Bonchev–Trinajstić information content (AvgIpc) is 3.69. The first kappa shape index (κ1) is 24.7. The number of benzene rings is 2. The van der Waals surface area contributed by atoms with E-state index in [4.69, 9.17) is 9.15 Å². The highest BCUT2D eigenvalue weighted by Gasteiger charge is 2.35. The third-order valence-corrected chi connectivity index (χ3v) is 6.66. The highest BCUT2D eigenvalue weighted by atomic mass is 16.5. The number of anilines is 1. The van der Waals surface area contributed by atoms with E-state index in [1.807, 2.05) is 48.5 Å². The lowest BCUT2D eigenvalue weighted by molar-refractivity contribution is -0.127. The van der Waals surface area contributed by atoms with Gasteiger partial charge in [0.05, 0.1) is 17.9 Å². The number of hydrogen-bond acceptors (Lipinski definition) is 6. The van der Waals surface area contributed by atoms with Crippen molar-refractivity contribution in [1.29, 1.82) is 0 Å². The zero-order valence-corrected chi connectivity index (χ0v) is 21.0. The Hall–Kier alpha value is -3.98. The number of hydrogen-bond donors (Lipinski definition) is 1. The Labute approximate surface area is 215 Å². The summed E-state index contributed by atoms with van der Waals surface area (Å²) < 4.78 is 12.9. The fraction of sp³-hybridized carbons (Fsp3) is 0.357. The van der Waals surface area contributed by atoms with Gasteiger partial charge >= 0.3 is 0 Å². The van der Waals surface area contributed by atoms with Gasteiger partial charge in [-0.3, -0.25) is 14.5 Å². The molecule has 1 aliphatic heterocycles. The maximum Gasteiger partial charge on any atom is 0.251 e. The lowest BCUT2D eigenvalue weighted by Gasteiger charge is -2.30. The fourth-order valence-electron chi connectivity index (χ4n) is 4.63. The lowest BCUT2D eigenvalue weighted by atomic mass is 10.0. The lowest BCUT2D eigenvalue weighted by Crippen LogP contribution is -2.46. The number of furan rings is 1. The van der Waals surface area contributed by atoms with Crippen LogP contribution in [0, 0.1) is 0 Å². The molecule has 2 amide bonds. The minimum Gasteiger partial charge on any atom is -0.467 e. The van der Waals surface area contributed by atoms with Gasteiger partial charge in [0.25, 0.3) is 5.91 Å². The molecule has 1 fully saturated rings. The molecule has 0 spiro atoms. The number of carbonyl (C=O) groups is 2. The van der Waals surface area contributed by atoms with E-state index >= 15 is 0 Å². The zero-order valence-electron chi connectivity index (χ0n) is 21.0. The summed E-state index contributed by atoms with van der Waals surface area (Å²) in [4.78, 5) is 29.1. The van der Waals surface area contributed by atoms with Crippen LogP contribution in [0.4, 0.5) is 5.69 Å². The number of rotatable bonds is 9. The molecule has 2 atom stereocenters. The van der Waals surface area contributed by atoms with Crippen molar-refractivity contribution < 1.29 is 18.7 Å². The van der Waals surface area contributed by atoms with Crippen molar-refractivity contribution in [3.63, 3.8) is 0 Å². The monoisotopic (exact) mass is 501 g/mol. The van der Waals surface area contributed by atoms with Gasteiger partial charge in [-0.2, -0.15) is 0 Å². The second-order valence-electron chi connectivity index (χ2n) is 9.54. The SMILES string of the molecule is CC(C)c1ccc(N(C(=O)Cn2nnc3ccccc32)[C@@H](C(=O)NC[C@H]2CCCO2)c2ccco2)cc1. The molecule has 37 heavy (non-hydrogen) atoms. The Morgan fingerprint density at radius 3 is 2.62 bits per heavy atom. The van der Waals surface area contributed by atoms with Crippen LogP contribution in [-0.4, -0.2) is 46.1 Å². The Morgan fingerprint density at radius 2 is 1.92 bits per heavy atom. The molecule has 192 valence electrons. The van der Waals surface area contributed by atoms with Crippen LogP contribution in [0.15, 0.2) is 71.3 Å². The van der Waals surface area contributed by atoms with E-state index in [1.165, 1.54) is 11.2 Å². The number of fused-ring (bicyclic) bond motifs is 1. The van der Waals surface area contributed by atoms with Gasteiger partial charge in [0.15, 0.2) is 6.04 Å². The first-order valence-corrected chi connectivity index (χ1v) is 12.6. The van der Waals surface area contributed by atoms with Crippen LogP contribution in [0.25, 0.3) is 11.0 Å². The summed E-state index contributed by atoms with van der Waals surface area (Å²) in [5.74, 6) is 0.0432. The topological polar surface area (TPSA) is 102 Å². The molecule has 1 saturated heterocycles. The maximum absolute atomic E-state index is 14.0. The molecular formula is C28H31N5O4. The van der Waals surface area contributed by atoms with E-state index in [-0.39, 0.29) is 24.5 Å². The number of carbonyl (C=O) groups excluding carboxylic acids is 2. The van der Waals surface area contributed by atoms with Crippen LogP contribution in [-0.2, 0) is 20.9 Å². The van der Waals surface area contributed by atoms with Crippen LogP contribution < -0.4 is 10.2 Å². The fourth-order valence-corrected chi connectivity index (χ4v) is 4.63. The summed E-state index contributed by atoms with van der Waals surface area (Å²) in [6.07, 6.45) is 3.34. The second-order valence-corrected chi connectivity index (χ2v) is 9.54. The number of amides is 2. The second kappa shape index (κ2) is 11.0. The molecule has 2 aromatic heterocycles. The molecular weight excluding hydrogens is 470 g/mol. The van der Waals surface area contributed by atoms with Gasteiger partial charge in [-0.15, -0.1) is 5.10 Å². The van der Waals surface area contributed by atoms with Crippen molar-refractivity contribution in [2.45, 2.75) is 51.3 Å². The molecule has 1 aliphatic rings. The van der Waals surface area contributed by atoms with Crippen LogP contribution in [0.2, 0.25) is 0 Å². The largest absolute Gasteiger partial charge is 0.467 e. The number of para-hydroxylation sites is 1. The minimum absolute atomic E-state index is 0.0304. The molecule has 0 bridgehead atoms. The van der Waals surface area contributed by atoms with E-state index in [2.05, 4.69) is 29.5 Å². The van der Waals surface area contributed by atoms with Crippen LogP contribution in [0.1, 0.15) is 50.0 Å². The van der Waals surface area contributed by atoms with Gasteiger partial charge in [-0.25, -0.2) is 4.68 Å². The average molecular weight is 502 g/mol. The van der Waals surface area contributed by atoms with Crippen molar-refractivity contribution in [1.82, 2.24) is 20.3 Å². The third-order valence-electron chi connectivity index (χ3n) is 6.66. The summed E-state index contributed by atoms with van der Waals surface area (Å²) in [6.45, 7) is 5.19. The van der Waals surface area contributed by atoms with E-state index < -0.39 is 6.04 Å². The summed E-state index contributed by atoms with van der Waals surface area (Å²) in [5, 5.41) is 11.3. The molecule has 2 aromatic carbocycles. The summed E-state index contributed by atoms with van der Waals surface area (Å²) in [5.41, 5.74) is 3.16. The summed E-state index contributed by atoms with van der Waals surface area (Å²) >= 11 is 0. The Balaban J connectivity index is 1.50. The molecule has 0 saturated carbocycles. The van der Waals surface area contributed by atoms with Gasteiger partial charge in [0.1, 0.15) is 17.8 Å². The Kier molecular flexibility index (Phi) is 7.32. The molecule has 3 heterocycles. The van der Waals surface area contributed by atoms with Crippen molar-refractivity contribution in [2.75, 3.05) is 18.1 Å². The smallest absolute Gasteiger partial charge is 0.251 e. The Morgan fingerprint density at radius 1 is 1.11 bits per heavy atom. The maximum atomic E-state index is 14.0. The van der Waals surface area contributed by atoms with Crippen LogP contribution in [0.5, 0.6) is 0 Å². The van der Waals surface area contributed by atoms with Crippen molar-refractivity contribution in [3.05, 3.63) is 78.3 Å². The number of aromatic nitrogens is 3. The number of ether oxygens (including phenoxy) is 1. The molecule has 0 radical (unpaired) electrons. The highest BCUT2D eigenvalue weighted by Crippen LogP contribution is 2.30. The molecule has 9 nitrogen and oxygen atoms in total. The predicted molar refractivity (Wildman–Crippen MR) is 139 cm³/mol. The van der Waals surface area contributed by atoms with E-state index in [0.29, 0.717) is 36.0 Å². The molecule has 0 aliphatic carbocycles. The van der Waals surface area contributed by atoms with E-state index in [1.54, 1.807) is 16.8 Å². The first-order valence-electron chi connectivity index (χ1n) is 12.6.